The van der Waals surface area contributed by atoms with Crippen molar-refractivity contribution in [1.82, 2.24) is 10.6 Å². The van der Waals surface area contributed by atoms with Crippen LogP contribution in [0.15, 0.2) is 0 Å². The van der Waals surface area contributed by atoms with Gasteiger partial charge in [-0.3, -0.25) is 0 Å². The molecule has 0 saturated heterocycles. The number of amides is 2. The van der Waals surface area contributed by atoms with Crippen LogP contribution in [-0.4, -0.2) is 53.0 Å². The fourth-order valence-electron chi connectivity index (χ4n) is 3.29. The first-order valence-electron chi connectivity index (χ1n) is 9.95. The minimum absolute atomic E-state index is 0.180. The van der Waals surface area contributed by atoms with Gasteiger partial charge in [-0.1, -0.05) is 45.4 Å². The van der Waals surface area contributed by atoms with E-state index in [0.29, 0.717) is 13.1 Å². The number of hydrogen-bond acceptors (Lipinski definition) is 5. The number of carbonyl (C=O) groups excluding carboxylic acids is 1. The van der Waals surface area contributed by atoms with Gasteiger partial charge in [0.15, 0.2) is 0 Å². The van der Waals surface area contributed by atoms with E-state index in [0.717, 1.165) is 32.2 Å². The zero-order valence-corrected chi connectivity index (χ0v) is 17.3. The third-order valence-corrected chi connectivity index (χ3v) is 4.77. The van der Waals surface area contributed by atoms with E-state index in [4.69, 9.17) is 19.9 Å². The van der Waals surface area contributed by atoms with Gasteiger partial charge in [-0.25, -0.2) is 4.79 Å². The van der Waals surface area contributed by atoms with Gasteiger partial charge in [-0.05, 0) is 25.8 Å². The van der Waals surface area contributed by atoms with Crippen molar-refractivity contribution in [3.63, 3.8) is 0 Å². The van der Waals surface area contributed by atoms with Gasteiger partial charge in [0.1, 0.15) is 0 Å². The largest absolute Gasteiger partial charge is 0.352 e. The Morgan fingerprint density at radius 1 is 0.885 bits per heavy atom. The second kappa shape index (κ2) is 16.3. The first-order valence-corrected chi connectivity index (χ1v) is 9.95. The molecule has 0 aromatic carbocycles. The lowest BCUT2D eigenvalue weighted by atomic mass is 9.93. The monoisotopic (exact) mass is 375 g/mol. The molecule has 1 unspecified atom stereocenters. The first kappa shape index (κ1) is 25.1. The normalized spacial score (nSPS) is 12.9. The molecular formula is C19H41N3O4. The summed E-state index contributed by atoms with van der Waals surface area (Å²) < 4.78 is 16.8. The molecule has 26 heavy (non-hydrogen) atoms. The summed E-state index contributed by atoms with van der Waals surface area (Å²) in [4.78, 5) is 10.6. The second-order valence-corrected chi connectivity index (χ2v) is 6.65. The molecule has 156 valence electrons. The number of carbonyl (C=O) groups is 1. The average Bonchev–Trinajstić information content (AvgIpc) is 2.64. The van der Waals surface area contributed by atoms with E-state index in [1.165, 1.54) is 32.1 Å². The third-order valence-electron chi connectivity index (χ3n) is 4.77. The van der Waals surface area contributed by atoms with Crippen molar-refractivity contribution in [2.45, 2.75) is 70.7 Å². The highest BCUT2D eigenvalue weighted by Crippen LogP contribution is 2.32. The number of hydrogen-bond donors (Lipinski definition) is 3. The van der Waals surface area contributed by atoms with Crippen molar-refractivity contribution in [2.24, 2.45) is 11.7 Å². The number of unbranched alkanes of at least 4 members (excludes halogenated alkanes) is 5. The fraction of sp³-hybridized carbons (Fsp3) is 0.947. The minimum Gasteiger partial charge on any atom is -0.352 e. The van der Waals surface area contributed by atoms with Crippen LogP contribution in [0.1, 0.15) is 64.7 Å². The van der Waals surface area contributed by atoms with Crippen LogP contribution in [-0.2, 0) is 14.2 Å². The highest BCUT2D eigenvalue weighted by Gasteiger charge is 2.39. The standard InChI is InChI=1S/C19H41N3O4/c1-5-6-7-8-9-10-12-17(19(24-2,25-3)26-4)13-11-14-21-15-16-22-18(20)23/h17,21H,5-16H2,1-4H3,(H3,20,22,23). The molecular weight excluding hydrogens is 334 g/mol. The molecule has 0 fully saturated rings. The number of ether oxygens (including phenoxy) is 3. The Bertz CT molecular complexity index is 330. The van der Waals surface area contributed by atoms with Gasteiger partial charge >= 0.3 is 6.03 Å². The van der Waals surface area contributed by atoms with E-state index in [9.17, 15) is 4.79 Å². The Kier molecular flexibility index (Phi) is 15.7. The molecule has 0 saturated carbocycles. The molecule has 2 amide bonds. The summed E-state index contributed by atoms with van der Waals surface area (Å²) in [7, 11) is 4.90. The van der Waals surface area contributed by atoms with Crippen LogP contribution < -0.4 is 16.4 Å². The molecule has 0 rings (SSSR count). The maximum atomic E-state index is 10.6. The lowest BCUT2D eigenvalue weighted by Crippen LogP contribution is -2.44. The molecule has 4 N–H and O–H groups in total. The van der Waals surface area contributed by atoms with E-state index >= 15 is 0 Å². The van der Waals surface area contributed by atoms with Crippen molar-refractivity contribution in [1.29, 1.82) is 0 Å². The summed E-state index contributed by atoms with van der Waals surface area (Å²) in [6.45, 7) is 4.34. The lowest BCUT2D eigenvalue weighted by Gasteiger charge is -2.36. The van der Waals surface area contributed by atoms with E-state index < -0.39 is 12.0 Å². The summed E-state index contributed by atoms with van der Waals surface area (Å²) in [5.74, 6) is -0.795. The van der Waals surface area contributed by atoms with Gasteiger partial charge in [-0.2, -0.15) is 0 Å². The van der Waals surface area contributed by atoms with Gasteiger partial charge in [0, 0.05) is 40.3 Å². The molecule has 7 nitrogen and oxygen atoms in total. The number of nitrogens with one attached hydrogen (secondary N) is 2. The predicted octanol–water partition coefficient (Wildman–Crippen LogP) is 2.98. The summed E-state index contributed by atoms with van der Waals surface area (Å²) in [6.07, 6.45) is 10.5. The van der Waals surface area contributed by atoms with Gasteiger partial charge in [0.05, 0.1) is 0 Å². The van der Waals surface area contributed by atoms with E-state index in [-0.39, 0.29) is 5.92 Å². The number of primary amides is 1. The minimum atomic E-state index is -0.975. The SMILES string of the molecule is CCCCCCCCC(CCCNCCNC(N)=O)C(OC)(OC)OC. The lowest BCUT2D eigenvalue weighted by molar-refractivity contribution is -0.380. The zero-order chi connectivity index (χ0) is 19.7. The molecule has 0 bridgehead atoms. The molecule has 0 radical (unpaired) electrons. The van der Waals surface area contributed by atoms with Gasteiger partial charge in [0.2, 0.25) is 0 Å². The highest BCUT2D eigenvalue weighted by atomic mass is 16.9. The van der Waals surface area contributed by atoms with Crippen LogP contribution in [0.25, 0.3) is 0 Å². The number of nitrogens with two attached hydrogens (primary N) is 1. The van der Waals surface area contributed by atoms with Crippen molar-refractivity contribution < 1.29 is 19.0 Å². The van der Waals surface area contributed by atoms with Crippen molar-refractivity contribution in [3.8, 4) is 0 Å². The Labute approximate surface area is 159 Å². The maximum absolute atomic E-state index is 10.6. The van der Waals surface area contributed by atoms with Crippen LogP contribution in [0.3, 0.4) is 0 Å². The van der Waals surface area contributed by atoms with Gasteiger partial charge < -0.3 is 30.6 Å². The average molecular weight is 376 g/mol. The molecule has 0 aromatic heterocycles. The second-order valence-electron chi connectivity index (χ2n) is 6.65. The van der Waals surface area contributed by atoms with Crippen LogP contribution in [0.4, 0.5) is 4.79 Å². The smallest absolute Gasteiger partial charge is 0.312 e. The molecule has 0 spiro atoms. The topological polar surface area (TPSA) is 94.8 Å². The summed E-state index contributed by atoms with van der Waals surface area (Å²) in [6, 6.07) is -0.490. The Morgan fingerprint density at radius 3 is 2.04 bits per heavy atom. The van der Waals surface area contributed by atoms with Crippen molar-refractivity contribution in [2.75, 3.05) is 41.0 Å². The summed E-state index contributed by atoms with van der Waals surface area (Å²) >= 11 is 0. The van der Waals surface area contributed by atoms with E-state index in [2.05, 4.69) is 17.6 Å². The first-order chi connectivity index (χ1) is 12.6. The van der Waals surface area contributed by atoms with Crippen molar-refractivity contribution in [3.05, 3.63) is 0 Å². The molecule has 0 aliphatic carbocycles. The Balaban J connectivity index is 4.26. The number of methoxy groups -OCH3 is 3. The molecule has 7 heteroatoms. The summed E-state index contributed by atoms with van der Waals surface area (Å²) in [5.41, 5.74) is 5.03. The molecule has 0 heterocycles. The van der Waals surface area contributed by atoms with Gasteiger partial charge in [0.25, 0.3) is 5.97 Å². The molecule has 0 aliphatic heterocycles. The quantitative estimate of drug-likeness (QED) is 0.253. The van der Waals surface area contributed by atoms with Crippen LogP contribution in [0.2, 0.25) is 0 Å². The third kappa shape index (κ3) is 11.0. The Hall–Kier alpha value is -0.890. The summed E-state index contributed by atoms with van der Waals surface area (Å²) in [5, 5.41) is 5.86. The van der Waals surface area contributed by atoms with Crippen molar-refractivity contribution >= 4 is 6.03 Å². The fourth-order valence-corrected chi connectivity index (χ4v) is 3.29. The number of urea groups is 1. The predicted molar refractivity (Wildman–Crippen MR) is 105 cm³/mol. The molecule has 0 aromatic rings. The Morgan fingerprint density at radius 2 is 1.46 bits per heavy atom. The van der Waals surface area contributed by atoms with E-state index in [1.807, 2.05) is 0 Å². The van der Waals surface area contributed by atoms with Gasteiger partial charge in [-0.15, -0.1) is 0 Å². The highest BCUT2D eigenvalue weighted by molar-refractivity contribution is 5.71. The van der Waals surface area contributed by atoms with Crippen LogP contribution in [0, 0.1) is 5.92 Å². The number of rotatable bonds is 18. The maximum Gasteiger partial charge on any atom is 0.312 e. The van der Waals surface area contributed by atoms with Crippen LogP contribution in [0.5, 0.6) is 0 Å². The zero-order valence-electron chi connectivity index (χ0n) is 17.3. The molecule has 0 aliphatic rings. The molecule has 1 atom stereocenters. The van der Waals surface area contributed by atoms with E-state index in [1.54, 1.807) is 21.3 Å². The van der Waals surface area contributed by atoms with Crippen LogP contribution >= 0.6 is 0 Å².